The Morgan fingerprint density at radius 2 is 2.00 bits per heavy atom. The highest BCUT2D eigenvalue weighted by Crippen LogP contribution is 2.70. The van der Waals surface area contributed by atoms with E-state index < -0.39 is 40.4 Å². The molecule has 0 amide bonds. The van der Waals surface area contributed by atoms with Gasteiger partial charge in [-0.05, 0) is 30.9 Å². The molecule has 0 radical (unpaired) electrons. The molecule has 3 aliphatic rings. The summed E-state index contributed by atoms with van der Waals surface area (Å²) in [6.07, 6.45) is 2.05. The molecule has 2 aliphatic heterocycles. The predicted octanol–water partition coefficient (Wildman–Crippen LogP) is 5.01. The molecule has 30 heavy (non-hydrogen) atoms. The standard InChI is InChI=1S/C22H20ClFN4O2/c1-2-4-13-7-8-22-16(9-13)21(12-27,19(28)30-22)20(10-25,11-26)18(29-22)17-14(23)5-3-6-15(17)24/h3,5-6,13,16,18,28H,2,4,7-9H2,1H3. The Morgan fingerprint density at radius 3 is 2.60 bits per heavy atom. The SMILES string of the molecule is CCCC1CCC23OC(=N)C(C#N)(C2C1)C(C#N)(C#N)C(c1c(F)cccc1Cl)O3. The Kier molecular flexibility index (Phi) is 4.77. The Labute approximate surface area is 179 Å². The first-order chi connectivity index (χ1) is 14.4. The molecule has 3 fully saturated rings. The first-order valence-corrected chi connectivity index (χ1v) is 10.4. The van der Waals surface area contributed by atoms with Crippen molar-refractivity contribution in [3.63, 3.8) is 0 Å². The molecule has 0 aromatic heterocycles. The molecule has 154 valence electrons. The molecule has 4 rings (SSSR count). The predicted molar refractivity (Wildman–Crippen MR) is 104 cm³/mol. The lowest BCUT2D eigenvalue weighted by molar-refractivity contribution is -0.299. The largest absolute Gasteiger partial charge is 0.447 e. The van der Waals surface area contributed by atoms with Crippen LogP contribution in [0.3, 0.4) is 0 Å². The summed E-state index contributed by atoms with van der Waals surface area (Å²) < 4.78 is 27.0. The summed E-state index contributed by atoms with van der Waals surface area (Å²) in [5.74, 6) is -2.96. The molecule has 1 aromatic rings. The molecule has 2 bridgehead atoms. The van der Waals surface area contributed by atoms with Crippen LogP contribution in [-0.4, -0.2) is 11.7 Å². The van der Waals surface area contributed by atoms with Crippen LogP contribution in [0.4, 0.5) is 4.39 Å². The number of nitrogens with zero attached hydrogens (tertiary/aromatic N) is 3. The van der Waals surface area contributed by atoms with Crippen LogP contribution >= 0.6 is 11.6 Å². The molecule has 1 aromatic carbocycles. The fraction of sp³-hybridized carbons (Fsp3) is 0.545. The lowest BCUT2D eigenvalue weighted by Crippen LogP contribution is -2.61. The minimum Gasteiger partial charge on any atom is -0.447 e. The lowest BCUT2D eigenvalue weighted by Gasteiger charge is -2.52. The minimum atomic E-state index is -2.19. The van der Waals surface area contributed by atoms with Crippen molar-refractivity contribution in [3.8, 4) is 18.2 Å². The quantitative estimate of drug-likeness (QED) is 0.729. The number of benzene rings is 1. The van der Waals surface area contributed by atoms with E-state index in [1.165, 1.54) is 18.2 Å². The third kappa shape index (κ3) is 2.33. The summed E-state index contributed by atoms with van der Waals surface area (Å²) in [5.41, 5.74) is -4.23. The van der Waals surface area contributed by atoms with E-state index in [9.17, 15) is 20.2 Å². The highest BCUT2D eigenvalue weighted by molar-refractivity contribution is 6.31. The third-order valence-electron chi connectivity index (χ3n) is 6.98. The van der Waals surface area contributed by atoms with Crippen LogP contribution in [0, 0.1) is 67.9 Å². The van der Waals surface area contributed by atoms with Crippen LogP contribution in [0.25, 0.3) is 0 Å². The van der Waals surface area contributed by atoms with Crippen LogP contribution in [0.1, 0.15) is 50.7 Å². The lowest BCUT2D eigenvalue weighted by atomic mass is 9.50. The molecule has 2 heterocycles. The maximum absolute atomic E-state index is 14.9. The third-order valence-corrected chi connectivity index (χ3v) is 7.31. The topological polar surface area (TPSA) is 114 Å². The van der Waals surface area contributed by atoms with Crippen molar-refractivity contribution in [2.75, 3.05) is 0 Å². The van der Waals surface area contributed by atoms with Crippen LogP contribution in [0.5, 0.6) is 0 Å². The summed E-state index contributed by atoms with van der Waals surface area (Å²) in [7, 11) is 0. The van der Waals surface area contributed by atoms with Crippen LogP contribution in [-0.2, 0) is 9.47 Å². The molecule has 1 N–H and O–H groups in total. The van der Waals surface area contributed by atoms with Gasteiger partial charge in [-0.2, -0.15) is 15.8 Å². The van der Waals surface area contributed by atoms with Crippen LogP contribution < -0.4 is 0 Å². The van der Waals surface area contributed by atoms with Crippen molar-refractivity contribution in [1.82, 2.24) is 0 Å². The van der Waals surface area contributed by atoms with Gasteiger partial charge in [0.2, 0.25) is 17.1 Å². The number of halogens is 2. The number of nitriles is 3. The first-order valence-electron chi connectivity index (χ1n) is 9.99. The molecule has 1 aliphatic carbocycles. The molecular formula is C22H20ClFN4O2. The van der Waals surface area contributed by atoms with E-state index >= 15 is 0 Å². The molecule has 5 unspecified atom stereocenters. The summed E-state index contributed by atoms with van der Waals surface area (Å²) in [6.45, 7) is 2.07. The maximum Gasteiger partial charge on any atom is 0.217 e. The van der Waals surface area contributed by atoms with Gasteiger partial charge in [0.15, 0.2) is 5.41 Å². The number of hydrogen-bond donors (Lipinski definition) is 1. The van der Waals surface area contributed by atoms with E-state index in [-0.39, 0.29) is 16.5 Å². The van der Waals surface area contributed by atoms with Crippen molar-refractivity contribution in [2.24, 2.45) is 22.7 Å². The highest BCUT2D eigenvalue weighted by atomic mass is 35.5. The second kappa shape index (κ2) is 6.95. The van der Waals surface area contributed by atoms with Gasteiger partial charge in [0, 0.05) is 17.0 Å². The molecular weight excluding hydrogens is 407 g/mol. The number of nitrogens with one attached hydrogen (secondary N) is 1. The van der Waals surface area contributed by atoms with Crippen molar-refractivity contribution >= 4 is 17.5 Å². The molecule has 2 saturated heterocycles. The van der Waals surface area contributed by atoms with Gasteiger partial charge in [0.1, 0.15) is 11.9 Å². The number of ether oxygens (including phenoxy) is 2. The average Bonchev–Trinajstić information content (AvgIpc) is 2.93. The maximum atomic E-state index is 14.9. The van der Waals surface area contributed by atoms with Gasteiger partial charge in [0.25, 0.3) is 0 Å². The molecule has 6 nitrogen and oxygen atoms in total. The zero-order valence-electron chi connectivity index (χ0n) is 16.4. The summed E-state index contributed by atoms with van der Waals surface area (Å²) in [6, 6.07) is 10.0. The monoisotopic (exact) mass is 426 g/mol. The summed E-state index contributed by atoms with van der Waals surface area (Å²) >= 11 is 6.27. The van der Waals surface area contributed by atoms with E-state index in [1.54, 1.807) is 0 Å². The van der Waals surface area contributed by atoms with Crippen LogP contribution in [0.15, 0.2) is 18.2 Å². The highest BCUT2D eigenvalue weighted by Gasteiger charge is 2.81. The van der Waals surface area contributed by atoms with Gasteiger partial charge in [-0.3, -0.25) is 5.41 Å². The van der Waals surface area contributed by atoms with Crippen molar-refractivity contribution in [2.45, 2.75) is 50.9 Å². The number of rotatable bonds is 3. The van der Waals surface area contributed by atoms with Gasteiger partial charge < -0.3 is 9.47 Å². The van der Waals surface area contributed by atoms with E-state index in [2.05, 4.69) is 13.0 Å². The molecule has 0 spiro atoms. The normalized spacial score (nSPS) is 36.0. The van der Waals surface area contributed by atoms with E-state index in [0.717, 1.165) is 19.3 Å². The Bertz CT molecular complexity index is 1010. The summed E-state index contributed by atoms with van der Waals surface area (Å²) in [4.78, 5) is 0. The van der Waals surface area contributed by atoms with Gasteiger partial charge in [0.05, 0.1) is 24.1 Å². The second-order valence-electron chi connectivity index (χ2n) is 8.31. The zero-order valence-corrected chi connectivity index (χ0v) is 17.2. The minimum absolute atomic E-state index is 0.0107. The Balaban J connectivity index is 1.98. The fourth-order valence-corrected chi connectivity index (χ4v) is 5.87. The van der Waals surface area contributed by atoms with Gasteiger partial charge in [-0.25, -0.2) is 4.39 Å². The van der Waals surface area contributed by atoms with Gasteiger partial charge in [-0.15, -0.1) is 0 Å². The van der Waals surface area contributed by atoms with E-state index in [0.29, 0.717) is 12.8 Å². The molecule has 5 atom stereocenters. The average molecular weight is 427 g/mol. The molecule has 8 heteroatoms. The van der Waals surface area contributed by atoms with Crippen LogP contribution in [0.2, 0.25) is 5.02 Å². The van der Waals surface area contributed by atoms with E-state index in [1.807, 2.05) is 12.1 Å². The van der Waals surface area contributed by atoms with Gasteiger partial charge >= 0.3 is 0 Å². The summed E-state index contributed by atoms with van der Waals surface area (Å²) in [5, 5.41) is 39.3. The fourth-order valence-electron chi connectivity index (χ4n) is 5.61. The van der Waals surface area contributed by atoms with Crippen molar-refractivity contribution in [3.05, 3.63) is 34.6 Å². The Morgan fingerprint density at radius 1 is 1.27 bits per heavy atom. The Hall–Kier alpha value is -2.66. The van der Waals surface area contributed by atoms with Crippen molar-refractivity contribution < 1.29 is 13.9 Å². The number of hydrogen-bond acceptors (Lipinski definition) is 6. The van der Waals surface area contributed by atoms with Gasteiger partial charge in [-0.1, -0.05) is 37.4 Å². The first kappa shape index (κ1) is 20.6. The second-order valence-corrected chi connectivity index (χ2v) is 8.72. The smallest absolute Gasteiger partial charge is 0.217 e. The van der Waals surface area contributed by atoms with E-state index in [4.69, 9.17) is 26.5 Å². The zero-order chi connectivity index (χ0) is 21.7. The van der Waals surface area contributed by atoms with Crippen molar-refractivity contribution in [1.29, 1.82) is 21.2 Å². The molecule has 1 saturated carbocycles.